The summed E-state index contributed by atoms with van der Waals surface area (Å²) >= 11 is 0. The van der Waals surface area contributed by atoms with Gasteiger partial charge in [-0.1, -0.05) is 19.1 Å². The number of rotatable bonds is 6. The summed E-state index contributed by atoms with van der Waals surface area (Å²) in [7, 11) is 0. The lowest BCUT2D eigenvalue weighted by Crippen LogP contribution is -2.43. The molecular formula is C17H26N2O. The Labute approximate surface area is 122 Å². The van der Waals surface area contributed by atoms with Gasteiger partial charge in [-0.2, -0.15) is 0 Å². The number of para-hydroxylation sites is 2. The molecule has 1 fully saturated rings. The maximum atomic E-state index is 5.86. The molecule has 1 atom stereocenters. The van der Waals surface area contributed by atoms with Gasteiger partial charge in [0.1, 0.15) is 5.75 Å². The van der Waals surface area contributed by atoms with Crippen molar-refractivity contribution in [1.82, 2.24) is 5.32 Å². The molecule has 3 rings (SSSR count). The molecule has 0 bridgehead atoms. The van der Waals surface area contributed by atoms with Gasteiger partial charge < -0.3 is 15.0 Å². The van der Waals surface area contributed by atoms with Crippen LogP contribution in [0.2, 0.25) is 0 Å². The van der Waals surface area contributed by atoms with Gasteiger partial charge in [0.05, 0.1) is 12.3 Å². The molecule has 2 aliphatic rings. The van der Waals surface area contributed by atoms with Crippen molar-refractivity contribution in [3.05, 3.63) is 24.3 Å². The molecule has 1 heterocycles. The van der Waals surface area contributed by atoms with E-state index in [-0.39, 0.29) is 0 Å². The standard InChI is InChI=1S/C17H26N2O/c1-2-10-18-15(14-8-9-14)13-19-11-5-12-20-17-7-4-3-6-16(17)19/h3-4,6-7,14-15,18H,2,5,8-13H2,1H3. The number of hydrogen-bond acceptors (Lipinski definition) is 3. The molecule has 1 aromatic rings. The van der Waals surface area contributed by atoms with Crippen molar-refractivity contribution >= 4 is 5.69 Å². The van der Waals surface area contributed by atoms with Crippen molar-refractivity contribution in [3.8, 4) is 5.75 Å². The SMILES string of the molecule is CCCNC(CN1CCCOc2ccccc21)C1CC1. The highest BCUT2D eigenvalue weighted by molar-refractivity contribution is 5.59. The average Bonchev–Trinajstić information content (AvgIpc) is 3.31. The van der Waals surface area contributed by atoms with Crippen molar-refractivity contribution in [2.75, 3.05) is 31.1 Å². The van der Waals surface area contributed by atoms with Gasteiger partial charge >= 0.3 is 0 Å². The van der Waals surface area contributed by atoms with Crippen molar-refractivity contribution in [2.45, 2.75) is 38.6 Å². The highest BCUT2D eigenvalue weighted by Gasteiger charge is 2.32. The van der Waals surface area contributed by atoms with Crippen LogP contribution in [0, 0.1) is 5.92 Å². The van der Waals surface area contributed by atoms with E-state index in [1.54, 1.807) is 0 Å². The van der Waals surface area contributed by atoms with Gasteiger partial charge in [0, 0.05) is 19.1 Å². The van der Waals surface area contributed by atoms with Crippen molar-refractivity contribution < 1.29 is 4.74 Å². The molecule has 1 N–H and O–H groups in total. The molecule has 0 amide bonds. The van der Waals surface area contributed by atoms with Crippen LogP contribution in [0.1, 0.15) is 32.6 Å². The quantitative estimate of drug-likeness (QED) is 0.863. The van der Waals surface area contributed by atoms with Crippen LogP contribution in [0.3, 0.4) is 0 Å². The smallest absolute Gasteiger partial charge is 0.142 e. The molecule has 1 saturated carbocycles. The molecule has 0 saturated heterocycles. The van der Waals surface area contributed by atoms with Crippen LogP contribution < -0.4 is 15.0 Å². The lowest BCUT2D eigenvalue weighted by molar-refractivity contribution is 0.322. The Bertz CT molecular complexity index is 431. The molecule has 3 heteroatoms. The minimum Gasteiger partial charge on any atom is -0.491 e. The minimum atomic E-state index is 0.640. The fourth-order valence-electron chi connectivity index (χ4n) is 3.03. The third kappa shape index (κ3) is 3.26. The van der Waals surface area contributed by atoms with E-state index < -0.39 is 0 Å². The van der Waals surface area contributed by atoms with Crippen LogP contribution in [0.4, 0.5) is 5.69 Å². The summed E-state index contributed by atoms with van der Waals surface area (Å²) in [6.45, 7) is 6.43. The fourth-order valence-corrected chi connectivity index (χ4v) is 3.03. The van der Waals surface area contributed by atoms with Crippen molar-refractivity contribution in [2.24, 2.45) is 5.92 Å². The highest BCUT2D eigenvalue weighted by atomic mass is 16.5. The Kier molecular flexibility index (Phi) is 4.46. The zero-order chi connectivity index (χ0) is 13.8. The predicted octanol–water partition coefficient (Wildman–Crippen LogP) is 3.05. The summed E-state index contributed by atoms with van der Waals surface area (Å²) < 4.78 is 5.86. The van der Waals surface area contributed by atoms with Crippen molar-refractivity contribution in [3.63, 3.8) is 0 Å². The monoisotopic (exact) mass is 274 g/mol. The third-order valence-corrected chi connectivity index (χ3v) is 4.30. The number of hydrogen-bond donors (Lipinski definition) is 1. The predicted molar refractivity (Wildman–Crippen MR) is 83.6 cm³/mol. The summed E-state index contributed by atoms with van der Waals surface area (Å²) in [4.78, 5) is 2.52. The Balaban J connectivity index is 1.71. The van der Waals surface area contributed by atoms with Gasteiger partial charge in [-0.05, 0) is 50.3 Å². The second-order valence-electron chi connectivity index (χ2n) is 6.01. The van der Waals surface area contributed by atoms with E-state index in [9.17, 15) is 0 Å². The highest BCUT2D eigenvalue weighted by Crippen LogP contribution is 2.35. The maximum Gasteiger partial charge on any atom is 0.142 e. The minimum absolute atomic E-state index is 0.640. The Morgan fingerprint density at radius 1 is 1.35 bits per heavy atom. The number of anilines is 1. The molecule has 110 valence electrons. The van der Waals surface area contributed by atoms with E-state index in [0.29, 0.717) is 6.04 Å². The van der Waals surface area contributed by atoms with Gasteiger partial charge in [0.15, 0.2) is 0 Å². The molecule has 0 aromatic heterocycles. The normalized spacial score (nSPS) is 19.9. The van der Waals surface area contributed by atoms with Crippen LogP contribution in [-0.4, -0.2) is 32.3 Å². The largest absolute Gasteiger partial charge is 0.491 e. The number of fused-ring (bicyclic) bond motifs is 1. The summed E-state index contributed by atoms with van der Waals surface area (Å²) in [6, 6.07) is 9.12. The summed E-state index contributed by atoms with van der Waals surface area (Å²) in [5, 5.41) is 3.75. The molecule has 0 radical (unpaired) electrons. The summed E-state index contributed by atoms with van der Waals surface area (Å²) in [6.07, 6.45) is 5.11. The number of nitrogens with one attached hydrogen (secondary N) is 1. The van der Waals surface area contributed by atoms with E-state index in [0.717, 1.165) is 44.3 Å². The molecule has 1 aromatic carbocycles. The Morgan fingerprint density at radius 2 is 2.20 bits per heavy atom. The lowest BCUT2D eigenvalue weighted by Gasteiger charge is -2.29. The van der Waals surface area contributed by atoms with Crippen LogP contribution in [0.15, 0.2) is 24.3 Å². The van der Waals surface area contributed by atoms with E-state index in [4.69, 9.17) is 4.74 Å². The molecule has 1 unspecified atom stereocenters. The average molecular weight is 274 g/mol. The van der Waals surface area contributed by atoms with E-state index in [2.05, 4.69) is 41.4 Å². The second-order valence-corrected chi connectivity index (χ2v) is 6.01. The molecule has 20 heavy (non-hydrogen) atoms. The van der Waals surface area contributed by atoms with Crippen LogP contribution in [0.5, 0.6) is 5.75 Å². The van der Waals surface area contributed by atoms with E-state index >= 15 is 0 Å². The van der Waals surface area contributed by atoms with Gasteiger partial charge in [-0.3, -0.25) is 0 Å². The first-order valence-electron chi connectivity index (χ1n) is 8.08. The van der Waals surface area contributed by atoms with Gasteiger partial charge in [0.2, 0.25) is 0 Å². The first-order chi connectivity index (χ1) is 9.88. The van der Waals surface area contributed by atoms with Crippen molar-refractivity contribution in [1.29, 1.82) is 0 Å². The van der Waals surface area contributed by atoms with Crippen LogP contribution >= 0.6 is 0 Å². The molecular weight excluding hydrogens is 248 g/mol. The number of nitrogens with zero attached hydrogens (tertiary/aromatic N) is 1. The molecule has 1 aliphatic carbocycles. The maximum absolute atomic E-state index is 5.86. The van der Waals surface area contributed by atoms with E-state index in [1.165, 1.54) is 24.9 Å². The van der Waals surface area contributed by atoms with Gasteiger partial charge in [-0.15, -0.1) is 0 Å². The fraction of sp³-hybridized carbons (Fsp3) is 0.647. The summed E-state index contributed by atoms with van der Waals surface area (Å²) in [5.41, 5.74) is 1.27. The first kappa shape index (κ1) is 13.7. The number of ether oxygens (including phenoxy) is 1. The zero-order valence-corrected chi connectivity index (χ0v) is 12.5. The van der Waals surface area contributed by atoms with Crippen LogP contribution in [0.25, 0.3) is 0 Å². The molecule has 0 spiro atoms. The van der Waals surface area contributed by atoms with E-state index in [1.807, 2.05) is 0 Å². The summed E-state index contributed by atoms with van der Waals surface area (Å²) in [5.74, 6) is 1.94. The Hall–Kier alpha value is -1.22. The van der Waals surface area contributed by atoms with Gasteiger partial charge in [-0.25, -0.2) is 0 Å². The molecule has 1 aliphatic heterocycles. The third-order valence-electron chi connectivity index (χ3n) is 4.30. The topological polar surface area (TPSA) is 24.5 Å². The Morgan fingerprint density at radius 3 is 3.00 bits per heavy atom. The number of benzene rings is 1. The zero-order valence-electron chi connectivity index (χ0n) is 12.5. The molecule has 3 nitrogen and oxygen atoms in total. The first-order valence-corrected chi connectivity index (χ1v) is 8.08. The van der Waals surface area contributed by atoms with Crippen LogP contribution in [-0.2, 0) is 0 Å². The van der Waals surface area contributed by atoms with Gasteiger partial charge in [0.25, 0.3) is 0 Å². The lowest BCUT2D eigenvalue weighted by atomic mass is 10.1. The second kappa shape index (κ2) is 6.49.